The monoisotopic (exact) mass is 744 g/mol. The Morgan fingerprint density at radius 1 is 0.569 bits per heavy atom. The molecule has 0 N–H and O–H groups in total. The zero-order valence-corrected chi connectivity index (χ0v) is 32.8. The highest BCUT2D eigenvalue weighted by Crippen LogP contribution is 2.64. The highest BCUT2D eigenvalue weighted by molar-refractivity contribution is 6.94. The number of hydrogen-bond acceptors (Lipinski definition) is 3. The van der Waals surface area contributed by atoms with Gasteiger partial charge in [-0.25, -0.2) is 0 Å². The molecule has 0 bridgehead atoms. The van der Waals surface area contributed by atoms with Crippen LogP contribution in [0.25, 0.3) is 66.1 Å². The SMILES string of the molecule is CC12CCCCC1(C)N1c3c(cc(-c4ccccc4)cc32)B2c3c(cc4c(oc5ccccc54)c31)-c1c(ccc3ccccc13)N2c1ccc(-c2ccccc2)cc1. The van der Waals surface area contributed by atoms with Crippen LogP contribution in [0, 0.1) is 0 Å². The third kappa shape index (κ3) is 4.10. The maximum absolute atomic E-state index is 7.16. The lowest BCUT2D eigenvalue weighted by Gasteiger charge is -2.53. The van der Waals surface area contributed by atoms with E-state index in [9.17, 15) is 0 Å². The largest absolute Gasteiger partial charge is 0.454 e. The molecule has 9 aromatic rings. The van der Waals surface area contributed by atoms with E-state index in [-0.39, 0.29) is 17.8 Å². The van der Waals surface area contributed by atoms with Crippen molar-refractivity contribution in [3.8, 4) is 33.4 Å². The van der Waals surface area contributed by atoms with Crippen LogP contribution in [0.3, 0.4) is 0 Å². The molecule has 0 spiro atoms. The summed E-state index contributed by atoms with van der Waals surface area (Å²) in [6.07, 6.45) is 4.73. The molecule has 1 fully saturated rings. The number of hydrogen-bond donors (Lipinski definition) is 0. The van der Waals surface area contributed by atoms with Gasteiger partial charge in [0, 0.05) is 38.8 Å². The summed E-state index contributed by atoms with van der Waals surface area (Å²) in [6, 6.07) is 61.0. The van der Waals surface area contributed by atoms with E-state index in [1.807, 2.05) is 0 Å². The predicted octanol–water partition coefficient (Wildman–Crippen LogP) is 13.1. The molecule has 13 rings (SSSR count). The van der Waals surface area contributed by atoms with Gasteiger partial charge < -0.3 is 14.1 Å². The minimum absolute atomic E-state index is 0.0591. The van der Waals surface area contributed by atoms with Crippen molar-refractivity contribution in [1.29, 1.82) is 0 Å². The molecular formula is C54H41BN2O. The highest BCUT2D eigenvalue weighted by Gasteiger charge is 2.62. The number of para-hydroxylation sites is 1. The van der Waals surface area contributed by atoms with Crippen molar-refractivity contribution in [3.63, 3.8) is 0 Å². The minimum atomic E-state index is -0.148. The van der Waals surface area contributed by atoms with E-state index in [0.29, 0.717) is 0 Å². The minimum Gasteiger partial charge on any atom is -0.454 e. The second kappa shape index (κ2) is 11.5. The Kier molecular flexibility index (Phi) is 6.48. The molecule has 276 valence electrons. The molecule has 1 aromatic heterocycles. The summed E-state index contributed by atoms with van der Waals surface area (Å²) in [7, 11) is 0. The van der Waals surface area contributed by atoms with Crippen LogP contribution in [0.1, 0.15) is 45.1 Å². The summed E-state index contributed by atoms with van der Waals surface area (Å²) >= 11 is 0. The molecule has 4 heteroatoms. The quantitative estimate of drug-likeness (QED) is 0.168. The van der Waals surface area contributed by atoms with E-state index in [1.165, 1.54) is 107 Å². The maximum Gasteiger partial charge on any atom is 0.333 e. The van der Waals surface area contributed by atoms with Crippen molar-refractivity contribution in [2.45, 2.75) is 50.5 Å². The predicted molar refractivity (Wildman–Crippen MR) is 244 cm³/mol. The molecule has 1 aliphatic carbocycles. The summed E-state index contributed by atoms with van der Waals surface area (Å²) in [5.41, 5.74) is 18.6. The van der Waals surface area contributed by atoms with Crippen molar-refractivity contribution >= 4 is 73.2 Å². The topological polar surface area (TPSA) is 19.6 Å². The van der Waals surface area contributed by atoms with Crippen molar-refractivity contribution < 1.29 is 4.42 Å². The van der Waals surface area contributed by atoms with Gasteiger partial charge >= 0.3 is 6.85 Å². The molecule has 0 saturated heterocycles. The smallest absolute Gasteiger partial charge is 0.333 e. The summed E-state index contributed by atoms with van der Waals surface area (Å²) in [6.45, 7) is 5.05. The lowest BCUT2D eigenvalue weighted by molar-refractivity contribution is 0.195. The van der Waals surface area contributed by atoms with Crippen LogP contribution in [0.2, 0.25) is 0 Å². The molecule has 1 saturated carbocycles. The number of nitrogens with zero attached hydrogens (tertiary/aromatic N) is 2. The van der Waals surface area contributed by atoms with Crippen LogP contribution in [-0.4, -0.2) is 12.4 Å². The molecule has 0 radical (unpaired) electrons. The van der Waals surface area contributed by atoms with Crippen LogP contribution < -0.4 is 20.6 Å². The molecule has 3 aliphatic heterocycles. The Morgan fingerprint density at radius 3 is 2.03 bits per heavy atom. The van der Waals surface area contributed by atoms with Gasteiger partial charge in [-0.3, -0.25) is 0 Å². The third-order valence-electron chi connectivity index (χ3n) is 14.8. The summed E-state index contributed by atoms with van der Waals surface area (Å²) in [5, 5.41) is 4.90. The fourth-order valence-electron chi connectivity index (χ4n) is 11.8. The number of anilines is 4. The van der Waals surface area contributed by atoms with E-state index in [0.717, 1.165) is 24.0 Å². The fraction of sp³-hybridized carbons (Fsp3) is 0.148. The van der Waals surface area contributed by atoms with Gasteiger partial charge in [-0.15, -0.1) is 0 Å². The molecule has 4 heterocycles. The molecule has 58 heavy (non-hydrogen) atoms. The van der Waals surface area contributed by atoms with Gasteiger partial charge in [0.05, 0.1) is 11.2 Å². The zero-order valence-electron chi connectivity index (χ0n) is 32.8. The van der Waals surface area contributed by atoms with Gasteiger partial charge in [0.1, 0.15) is 5.58 Å². The Labute approximate surface area is 339 Å². The Bertz CT molecular complexity index is 3170. The summed E-state index contributed by atoms with van der Waals surface area (Å²) in [4.78, 5) is 5.49. The molecule has 8 aromatic carbocycles. The fourth-order valence-corrected chi connectivity index (χ4v) is 11.8. The molecular weight excluding hydrogens is 703 g/mol. The number of rotatable bonds is 3. The number of fused-ring (bicyclic) bond motifs is 13. The van der Waals surface area contributed by atoms with Crippen molar-refractivity contribution in [2.75, 3.05) is 9.71 Å². The van der Waals surface area contributed by atoms with Crippen LogP contribution in [-0.2, 0) is 5.41 Å². The normalized spacial score (nSPS) is 20.0. The number of furan rings is 1. The Balaban J connectivity index is 1.21. The first-order valence-electron chi connectivity index (χ1n) is 21.0. The average Bonchev–Trinajstić information content (AvgIpc) is 3.75. The van der Waals surface area contributed by atoms with Gasteiger partial charge in [-0.1, -0.05) is 147 Å². The molecule has 2 unspecified atom stereocenters. The molecule has 2 atom stereocenters. The Morgan fingerprint density at radius 2 is 1.24 bits per heavy atom. The lowest BCUT2D eigenvalue weighted by Crippen LogP contribution is -2.64. The van der Waals surface area contributed by atoms with Gasteiger partial charge in [-0.2, -0.15) is 0 Å². The van der Waals surface area contributed by atoms with Gasteiger partial charge in [0.15, 0.2) is 5.58 Å². The zero-order chi connectivity index (χ0) is 38.3. The molecule has 4 aliphatic rings. The van der Waals surface area contributed by atoms with Gasteiger partial charge in [-0.05, 0) is 111 Å². The Hall–Kier alpha value is -6.52. The summed E-state index contributed by atoms with van der Waals surface area (Å²) < 4.78 is 7.16. The average molecular weight is 745 g/mol. The first-order chi connectivity index (χ1) is 28.5. The van der Waals surface area contributed by atoms with E-state index in [1.54, 1.807) is 0 Å². The third-order valence-corrected chi connectivity index (χ3v) is 14.8. The van der Waals surface area contributed by atoms with Crippen LogP contribution >= 0.6 is 0 Å². The van der Waals surface area contributed by atoms with Crippen LogP contribution in [0.4, 0.5) is 22.7 Å². The van der Waals surface area contributed by atoms with E-state index in [2.05, 4.69) is 187 Å². The maximum atomic E-state index is 7.16. The van der Waals surface area contributed by atoms with Crippen LogP contribution in [0.5, 0.6) is 0 Å². The van der Waals surface area contributed by atoms with Gasteiger partial charge in [0.2, 0.25) is 0 Å². The molecule has 3 nitrogen and oxygen atoms in total. The first kappa shape index (κ1) is 32.6. The van der Waals surface area contributed by atoms with Crippen molar-refractivity contribution in [3.05, 3.63) is 169 Å². The first-order valence-corrected chi connectivity index (χ1v) is 21.0. The van der Waals surface area contributed by atoms with E-state index >= 15 is 0 Å². The van der Waals surface area contributed by atoms with Crippen molar-refractivity contribution in [1.82, 2.24) is 0 Å². The second-order valence-corrected chi connectivity index (χ2v) is 17.5. The van der Waals surface area contributed by atoms with Crippen LogP contribution in [0.15, 0.2) is 168 Å². The van der Waals surface area contributed by atoms with Crippen molar-refractivity contribution in [2.24, 2.45) is 0 Å². The van der Waals surface area contributed by atoms with E-state index in [4.69, 9.17) is 4.42 Å². The second-order valence-electron chi connectivity index (χ2n) is 17.5. The standard InChI is InChI=1S/C54H41BN2O/c1-53-29-13-14-30-54(53,2)56-50-44(53)31-38(35-17-7-4-8-18-35)32-45(50)55-49-43(33-42-41-21-11-12-22-47(41)58-52(42)51(49)56)48-40-20-10-9-19-37(40)25-28-46(48)57(55)39-26-23-36(24-27-39)34-15-5-3-6-16-34/h3-12,15-28,31-33H,13-14,29-30H2,1-2H3. The number of benzene rings is 8. The lowest BCUT2D eigenvalue weighted by atomic mass is 9.43. The summed E-state index contributed by atoms with van der Waals surface area (Å²) in [5.74, 6) is 0. The van der Waals surface area contributed by atoms with E-state index < -0.39 is 0 Å². The van der Waals surface area contributed by atoms with Gasteiger partial charge in [0.25, 0.3) is 0 Å². The highest BCUT2D eigenvalue weighted by atomic mass is 16.3. The molecule has 0 amide bonds.